The van der Waals surface area contributed by atoms with Gasteiger partial charge in [0.2, 0.25) is 0 Å². The van der Waals surface area contributed by atoms with Gasteiger partial charge in [0.1, 0.15) is 0 Å². The van der Waals surface area contributed by atoms with Gasteiger partial charge in [-0.15, -0.1) is 0 Å². The Balaban J connectivity index is 2.03. The molecule has 2 aromatic carbocycles. The van der Waals surface area contributed by atoms with Crippen LogP contribution in [-0.4, -0.2) is 18.4 Å². The average molecular weight is 365 g/mol. The second-order valence-corrected chi connectivity index (χ2v) is 6.03. The third-order valence-corrected chi connectivity index (χ3v) is 4.24. The predicted octanol–water partition coefficient (Wildman–Crippen LogP) is 4.78. The molecule has 0 aliphatic rings. The van der Waals surface area contributed by atoms with Gasteiger partial charge in [0.25, 0.3) is 11.8 Å². The predicted molar refractivity (Wildman–Crippen MR) is 98.1 cm³/mol. The Hall–Kier alpha value is -2.04. The monoisotopic (exact) mass is 364 g/mol. The first-order valence-electron chi connectivity index (χ1n) is 7.66. The summed E-state index contributed by atoms with van der Waals surface area (Å²) in [6.45, 7) is 2.70. The lowest BCUT2D eigenvalue weighted by atomic mass is 10.1. The Kier molecular flexibility index (Phi) is 6.64. The summed E-state index contributed by atoms with van der Waals surface area (Å²) in [5.41, 5.74) is 1.38. The van der Waals surface area contributed by atoms with Crippen LogP contribution >= 0.6 is 23.2 Å². The van der Waals surface area contributed by atoms with Gasteiger partial charge >= 0.3 is 0 Å². The molecule has 0 saturated carbocycles. The van der Waals surface area contributed by atoms with E-state index in [9.17, 15) is 9.59 Å². The van der Waals surface area contributed by atoms with Gasteiger partial charge in [0.15, 0.2) is 0 Å². The van der Waals surface area contributed by atoms with E-state index in [2.05, 4.69) is 17.6 Å². The number of hydrogen-bond acceptors (Lipinski definition) is 2. The van der Waals surface area contributed by atoms with E-state index in [4.69, 9.17) is 23.2 Å². The highest BCUT2D eigenvalue weighted by molar-refractivity contribution is 6.44. The second-order valence-electron chi connectivity index (χ2n) is 5.24. The molecule has 0 radical (unpaired) electrons. The molecule has 0 saturated heterocycles. The summed E-state index contributed by atoms with van der Waals surface area (Å²) < 4.78 is 0. The van der Waals surface area contributed by atoms with Gasteiger partial charge in [0, 0.05) is 17.7 Å². The van der Waals surface area contributed by atoms with Gasteiger partial charge in [-0.25, -0.2) is 0 Å². The summed E-state index contributed by atoms with van der Waals surface area (Å²) in [5.74, 6) is -0.467. The number of benzene rings is 2. The molecule has 0 spiro atoms. The zero-order chi connectivity index (χ0) is 17.5. The van der Waals surface area contributed by atoms with E-state index >= 15 is 0 Å². The molecular formula is C18H18Cl2N2O2. The first-order chi connectivity index (χ1) is 11.5. The molecule has 0 fully saturated rings. The van der Waals surface area contributed by atoms with Crippen molar-refractivity contribution in [1.29, 1.82) is 0 Å². The number of unbranched alkanes of at least 4 members (excludes halogenated alkanes) is 1. The molecule has 0 unspecified atom stereocenters. The zero-order valence-corrected chi connectivity index (χ0v) is 14.7. The largest absolute Gasteiger partial charge is 0.352 e. The fourth-order valence-corrected chi connectivity index (χ4v) is 2.40. The Morgan fingerprint density at radius 1 is 0.958 bits per heavy atom. The molecule has 0 aromatic heterocycles. The van der Waals surface area contributed by atoms with Gasteiger partial charge in [-0.2, -0.15) is 0 Å². The lowest BCUT2D eigenvalue weighted by molar-refractivity contribution is 0.0951. The number of anilines is 1. The standard InChI is InChI=1S/C18H18Cl2N2O2/c1-2-3-11-21-17(23)12-7-9-13(10-8-12)18(24)22-15-6-4-5-14(19)16(15)20/h4-10H,2-3,11H2,1H3,(H,21,23)(H,22,24). The van der Waals surface area contributed by atoms with E-state index in [1.54, 1.807) is 42.5 Å². The van der Waals surface area contributed by atoms with Crippen molar-refractivity contribution in [3.05, 3.63) is 63.6 Å². The lowest BCUT2D eigenvalue weighted by Gasteiger charge is -2.09. The van der Waals surface area contributed by atoms with E-state index in [1.165, 1.54) is 0 Å². The molecule has 2 aromatic rings. The van der Waals surface area contributed by atoms with E-state index in [0.717, 1.165) is 12.8 Å². The van der Waals surface area contributed by atoms with Crippen LogP contribution in [0.1, 0.15) is 40.5 Å². The molecule has 0 aliphatic heterocycles. The molecule has 2 rings (SSSR count). The highest BCUT2D eigenvalue weighted by Gasteiger charge is 2.11. The Bertz CT molecular complexity index is 730. The first-order valence-corrected chi connectivity index (χ1v) is 8.42. The lowest BCUT2D eigenvalue weighted by Crippen LogP contribution is -2.24. The number of rotatable bonds is 6. The zero-order valence-electron chi connectivity index (χ0n) is 13.2. The maximum atomic E-state index is 12.3. The van der Waals surface area contributed by atoms with Gasteiger partial charge in [-0.3, -0.25) is 9.59 Å². The highest BCUT2D eigenvalue weighted by atomic mass is 35.5. The second kappa shape index (κ2) is 8.71. The van der Waals surface area contributed by atoms with E-state index < -0.39 is 0 Å². The van der Waals surface area contributed by atoms with Crippen molar-refractivity contribution in [3.63, 3.8) is 0 Å². The molecule has 2 amide bonds. The van der Waals surface area contributed by atoms with Crippen LogP contribution in [0.25, 0.3) is 0 Å². The summed E-state index contributed by atoms with van der Waals surface area (Å²) in [4.78, 5) is 24.2. The summed E-state index contributed by atoms with van der Waals surface area (Å²) in [6.07, 6.45) is 1.96. The Morgan fingerprint density at radius 2 is 1.58 bits per heavy atom. The first kappa shape index (κ1) is 18.3. The molecule has 2 N–H and O–H groups in total. The van der Waals surface area contributed by atoms with Crippen LogP contribution in [0, 0.1) is 0 Å². The maximum absolute atomic E-state index is 12.3. The van der Waals surface area contributed by atoms with Crippen LogP contribution in [0.4, 0.5) is 5.69 Å². The van der Waals surface area contributed by atoms with E-state index in [-0.39, 0.29) is 11.8 Å². The summed E-state index contributed by atoms with van der Waals surface area (Å²) in [7, 11) is 0. The number of carbonyl (C=O) groups is 2. The van der Waals surface area contributed by atoms with Gasteiger partial charge in [-0.05, 0) is 42.8 Å². The molecule has 6 heteroatoms. The van der Waals surface area contributed by atoms with Gasteiger partial charge in [0.05, 0.1) is 15.7 Å². The van der Waals surface area contributed by atoms with Crippen LogP contribution in [0.5, 0.6) is 0 Å². The third-order valence-electron chi connectivity index (χ3n) is 3.42. The van der Waals surface area contributed by atoms with Crippen LogP contribution in [0.3, 0.4) is 0 Å². The fourth-order valence-electron chi connectivity index (χ4n) is 2.05. The molecule has 0 bridgehead atoms. The SMILES string of the molecule is CCCCNC(=O)c1ccc(C(=O)Nc2cccc(Cl)c2Cl)cc1. The summed E-state index contributed by atoms with van der Waals surface area (Å²) in [6, 6.07) is 11.5. The smallest absolute Gasteiger partial charge is 0.255 e. The van der Waals surface area contributed by atoms with Gasteiger partial charge in [-0.1, -0.05) is 42.6 Å². The molecule has 4 nitrogen and oxygen atoms in total. The van der Waals surface area contributed by atoms with Crippen LogP contribution in [-0.2, 0) is 0 Å². The van der Waals surface area contributed by atoms with E-state index in [0.29, 0.717) is 33.4 Å². The van der Waals surface area contributed by atoms with Crippen molar-refractivity contribution < 1.29 is 9.59 Å². The minimum Gasteiger partial charge on any atom is -0.352 e. The van der Waals surface area contributed by atoms with Crippen molar-refractivity contribution in [2.75, 3.05) is 11.9 Å². The van der Waals surface area contributed by atoms with Crippen LogP contribution in [0.15, 0.2) is 42.5 Å². The third kappa shape index (κ3) is 4.73. The maximum Gasteiger partial charge on any atom is 0.255 e. The number of amides is 2. The van der Waals surface area contributed by atoms with Crippen LogP contribution < -0.4 is 10.6 Å². The molecular weight excluding hydrogens is 347 g/mol. The highest BCUT2D eigenvalue weighted by Crippen LogP contribution is 2.29. The number of hydrogen-bond donors (Lipinski definition) is 2. The normalized spacial score (nSPS) is 10.3. The van der Waals surface area contributed by atoms with Gasteiger partial charge < -0.3 is 10.6 Å². The van der Waals surface area contributed by atoms with Crippen molar-refractivity contribution in [3.8, 4) is 0 Å². The Morgan fingerprint density at radius 3 is 2.21 bits per heavy atom. The topological polar surface area (TPSA) is 58.2 Å². The minimum absolute atomic E-state index is 0.145. The number of halogens is 2. The minimum atomic E-state index is -0.322. The molecule has 126 valence electrons. The quantitative estimate of drug-likeness (QED) is 0.724. The summed E-state index contributed by atoms with van der Waals surface area (Å²) >= 11 is 12.0. The van der Waals surface area contributed by atoms with Crippen molar-refractivity contribution in [1.82, 2.24) is 5.32 Å². The van der Waals surface area contributed by atoms with Crippen molar-refractivity contribution >= 4 is 40.7 Å². The van der Waals surface area contributed by atoms with E-state index in [1.807, 2.05) is 0 Å². The van der Waals surface area contributed by atoms with Crippen molar-refractivity contribution in [2.45, 2.75) is 19.8 Å². The van der Waals surface area contributed by atoms with Crippen LogP contribution in [0.2, 0.25) is 10.0 Å². The molecule has 0 heterocycles. The summed E-state index contributed by atoms with van der Waals surface area (Å²) in [5, 5.41) is 6.19. The van der Waals surface area contributed by atoms with Crippen molar-refractivity contribution in [2.24, 2.45) is 0 Å². The average Bonchev–Trinajstić information content (AvgIpc) is 2.59. The number of nitrogens with one attached hydrogen (secondary N) is 2. The molecule has 0 aliphatic carbocycles. The molecule has 0 atom stereocenters. The fraction of sp³-hybridized carbons (Fsp3) is 0.222. The Labute approximate surface area is 151 Å². The molecule has 24 heavy (non-hydrogen) atoms. The number of carbonyl (C=O) groups excluding carboxylic acids is 2.